The monoisotopic (exact) mass is 224 g/mol. The summed E-state index contributed by atoms with van der Waals surface area (Å²) in [5, 5.41) is 19.1. The van der Waals surface area contributed by atoms with E-state index in [0.29, 0.717) is 13.2 Å². The standard InChI is InChI=1S/C13H20O3/c1-3-16-10-13(8-14,9-15)12-7-5-4-6-11(12)2/h4-7,14-15H,3,8-10H2,1-2H3. The number of hydrogen-bond acceptors (Lipinski definition) is 3. The van der Waals surface area contributed by atoms with Crippen molar-refractivity contribution in [3.63, 3.8) is 0 Å². The molecule has 1 aromatic rings. The summed E-state index contributed by atoms with van der Waals surface area (Å²) in [5.74, 6) is 0. The van der Waals surface area contributed by atoms with Gasteiger partial charge >= 0.3 is 0 Å². The average molecular weight is 224 g/mol. The Morgan fingerprint density at radius 1 is 1.19 bits per heavy atom. The molecule has 1 rings (SSSR count). The normalized spacial score (nSPS) is 11.8. The first-order valence-corrected chi connectivity index (χ1v) is 5.55. The van der Waals surface area contributed by atoms with Crippen molar-refractivity contribution in [2.24, 2.45) is 0 Å². The zero-order chi connectivity index (χ0) is 12.0. The SMILES string of the molecule is CCOCC(CO)(CO)c1ccccc1C. The molecule has 0 saturated heterocycles. The Morgan fingerprint density at radius 3 is 2.31 bits per heavy atom. The van der Waals surface area contributed by atoms with Gasteiger partial charge in [0.1, 0.15) is 0 Å². The lowest BCUT2D eigenvalue weighted by molar-refractivity contribution is 0.0245. The molecule has 2 N–H and O–H groups in total. The zero-order valence-electron chi connectivity index (χ0n) is 9.94. The highest BCUT2D eigenvalue weighted by Crippen LogP contribution is 2.26. The molecule has 0 amide bonds. The van der Waals surface area contributed by atoms with Crippen LogP contribution in [-0.4, -0.2) is 36.6 Å². The quantitative estimate of drug-likeness (QED) is 0.764. The molecule has 3 heteroatoms. The third-order valence-electron chi connectivity index (χ3n) is 2.90. The predicted octanol–water partition coefficient (Wildman–Crippen LogP) is 1.25. The van der Waals surface area contributed by atoms with Gasteiger partial charge in [-0.25, -0.2) is 0 Å². The van der Waals surface area contributed by atoms with Gasteiger partial charge in [-0.15, -0.1) is 0 Å². The summed E-state index contributed by atoms with van der Waals surface area (Å²) >= 11 is 0. The van der Waals surface area contributed by atoms with Crippen LogP contribution in [0.3, 0.4) is 0 Å². The van der Waals surface area contributed by atoms with Crippen molar-refractivity contribution in [3.8, 4) is 0 Å². The minimum Gasteiger partial charge on any atom is -0.395 e. The van der Waals surface area contributed by atoms with Crippen LogP contribution in [0.4, 0.5) is 0 Å². The van der Waals surface area contributed by atoms with Crippen molar-refractivity contribution in [2.75, 3.05) is 26.4 Å². The van der Waals surface area contributed by atoms with Gasteiger partial charge in [0.2, 0.25) is 0 Å². The van der Waals surface area contributed by atoms with E-state index in [2.05, 4.69) is 0 Å². The third kappa shape index (κ3) is 2.61. The highest BCUT2D eigenvalue weighted by molar-refractivity contribution is 5.34. The fourth-order valence-corrected chi connectivity index (χ4v) is 1.85. The summed E-state index contributed by atoms with van der Waals surface area (Å²) in [6.07, 6.45) is 0. The van der Waals surface area contributed by atoms with Crippen LogP contribution in [0.15, 0.2) is 24.3 Å². The molecule has 16 heavy (non-hydrogen) atoms. The van der Waals surface area contributed by atoms with Gasteiger partial charge < -0.3 is 14.9 Å². The van der Waals surface area contributed by atoms with Crippen LogP contribution >= 0.6 is 0 Å². The van der Waals surface area contributed by atoms with Crippen molar-refractivity contribution < 1.29 is 14.9 Å². The number of benzene rings is 1. The topological polar surface area (TPSA) is 49.7 Å². The lowest BCUT2D eigenvalue weighted by Crippen LogP contribution is -2.40. The van der Waals surface area contributed by atoms with Gasteiger partial charge in [-0.1, -0.05) is 24.3 Å². The van der Waals surface area contributed by atoms with Gasteiger partial charge in [0.25, 0.3) is 0 Å². The largest absolute Gasteiger partial charge is 0.395 e. The summed E-state index contributed by atoms with van der Waals surface area (Å²) in [6, 6.07) is 7.76. The van der Waals surface area contributed by atoms with E-state index in [-0.39, 0.29) is 13.2 Å². The fraction of sp³-hybridized carbons (Fsp3) is 0.538. The van der Waals surface area contributed by atoms with E-state index < -0.39 is 5.41 Å². The maximum absolute atomic E-state index is 9.54. The molecule has 0 unspecified atom stereocenters. The molecule has 0 aliphatic carbocycles. The first-order chi connectivity index (χ1) is 7.70. The molecule has 3 nitrogen and oxygen atoms in total. The van der Waals surface area contributed by atoms with Crippen molar-refractivity contribution in [3.05, 3.63) is 35.4 Å². The van der Waals surface area contributed by atoms with Crippen LogP contribution in [-0.2, 0) is 10.2 Å². The van der Waals surface area contributed by atoms with Crippen molar-refractivity contribution in [1.82, 2.24) is 0 Å². The molecule has 0 bridgehead atoms. The predicted molar refractivity (Wildman–Crippen MR) is 63.5 cm³/mol. The summed E-state index contributed by atoms with van der Waals surface area (Å²) in [7, 11) is 0. The molecule has 0 atom stereocenters. The summed E-state index contributed by atoms with van der Waals surface area (Å²) in [5.41, 5.74) is 1.32. The van der Waals surface area contributed by atoms with Gasteiger partial charge in [0.15, 0.2) is 0 Å². The van der Waals surface area contributed by atoms with Crippen LogP contribution in [0, 0.1) is 6.92 Å². The van der Waals surface area contributed by atoms with E-state index in [1.165, 1.54) is 0 Å². The summed E-state index contributed by atoms with van der Waals surface area (Å²) in [4.78, 5) is 0. The Morgan fingerprint density at radius 2 is 1.81 bits per heavy atom. The molecule has 1 aromatic carbocycles. The Bertz CT molecular complexity index is 319. The lowest BCUT2D eigenvalue weighted by atomic mass is 9.80. The Hall–Kier alpha value is -0.900. The molecular weight excluding hydrogens is 204 g/mol. The molecule has 90 valence electrons. The Balaban J connectivity index is 3.05. The summed E-state index contributed by atoms with van der Waals surface area (Å²) < 4.78 is 5.37. The number of aliphatic hydroxyl groups excluding tert-OH is 2. The second kappa shape index (κ2) is 5.99. The average Bonchev–Trinajstić information content (AvgIpc) is 2.33. The van der Waals surface area contributed by atoms with Gasteiger partial charge in [0, 0.05) is 6.61 Å². The van der Waals surface area contributed by atoms with E-state index in [0.717, 1.165) is 11.1 Å². The van der Waals surface area contributed by atoms with E-state index in [1.54, 1.807) is 0 Å². The maximum Gasteiger partial charge on any atom is 0.0651 e. The minimum atomic E-state index is -0.693. The number of aryl methyl sites for hydroxylation is 1. The second-order valence-electron chi connectivity index (χ2n) is 4.05. The fourth-order valence-electron chi connectivity index (χ4n) is 1.85. The van der Waals surface area contributed by atoms with Crippen LogP contribution < -0.4 is 0 Å². The number of aliphatic hydroxyl groups is 2. The van der Waals surface area contributed by atoms with E-state index in [9.17, 15) is 10.2 Å². The number of hydrogen-bond donors (Lipinski definition) is 2. The molecule has 0 aromatic heterocycles. The molecule has 0 fully saturated rings. The van der Waals surface area contributed by atoms with Crippen molar-refractivity contribution >= 4 is 0 Å². The maximum atomic E-state index is 9.54. The third-order valence-corrected chi connectivity index (χ3v) is 2.90. The highest BCUT2D eigenvalue weighted by Gasteiger charge is 2.32. The first-order valence-electron chi connectivity index (χ1n) is 5.55. The van der Waals surface area contributed by atoms with E-state index >= 15 is 0 Å². The highest BCUT2D eigenvalue weighted by atomic mass is 16.5. The van der Waals surface area contributed by atoms with Gasteiger partial charge in [-0.05, 0) is 25.0 Å². The van der Waals surface area contributed by atoms with Gasteiger partial charge in [0.05, 0.1) is 25.2 Å². The Kier molecular flexibility index (Phi) is 4.93. The summed E-state index contributed by atoms with van der Waals surface area (Å²) in [6.45, 7) is 4.55. The lowest BCUT2D eigenvalue weighted by Gasteiger charge is -2.31. The van der Waals surface area contributed by atoms with Crippen molar-refractivity contribution in [1.29, 1.82) is 0 Å². The molecule has 0 aliphatic heterocycles. The van der Waals surface area contributed by atoms with Crippen LogP contribution in [0.25, 0.3) is 0 Å². The Labute approximate surface area is 96.7 Å². The smallest absolute Gasteiger partial charge is 0.0651 e. The molecule has 0 saturated carbocycles. The zero-order valence-corrected chi connectivity index (χ0v) is 9.94. The minimum absolute atomic E-state index is 0.117. The first kappa shape index (κ1) is 13.2. The molecule has 0 heterocycles. The number of rotatable bonds is 6. The molecular formula is C13H20O3. The van der Waals surface area contributed by atoms with Crippen molar-refractivity contribution in [2.45, 2.75) is 19.3 Å². The van der Waals surface area contributed by atoms with E-state index in [1.807, 2.05) is 38.1 Å². The molecule has 0 radical (unpaired) electrons. The van der Waals surface area contributed by atoms with Crippen LogP contribution in [0.5, 0.6) is 0 Å². The van der Waals surface area contributed by atoms with Crippen LogP contribution in [0.1, 0.15) is 18.1 Å². The molecule has 0 spiro atoms. The van der Waals surface area contributed by atoms with Crippen LogP contribution in [0.2, 0.25) is 0 Å². The van der Waals surface area contributed by atoms with Gasteiger partial charge in [-0.2, -0.15) is 0 Å². The van der Waals surface area contributed by atoms with Gasteiger partial charge in [-0.3, -0.25) is 0 Å². The second-order valence-corrected chi connectivity index (χ2v) is 4.05. The number of ether oxygens (including phenoxy) is 1. The molecule has 0 aliphatic rings. The van der Waals surface area contributed by atoms with E-state index in [4.69, 9.17) is 4.74 Å².